The van der Waals surface area contributed by atoms with Crippen molar-refractivity contribution in [1.82, 2.24) is 5.16 Å². The third-order valence-electron chi connectivity index (χ3n) is 5.68. The Kier molecular flexibility index (Phi) is 7.43. The monoisotopic (exact) mass is 486 g/mol. The Hall–Kier alpha value is -2.84. The zero-order valence-corrected chi connectivity index (χ0v) is 21.7. The zero-order chi connectivity index (χ0) is 25.3. The molecule has 3 aromatic rings. The number of anilines is 1. The number of hydrogen-bond donors (Lipinski definition) is 1. The molecule has 3 rings (SSSR count). The average Bonchev–Trinajstić information content (AvgIpc) is 3.07. The van der Waals surface area contributed by atoms with Crippen molar-refractivity contribution in [3.8, 4) is 5.75 Å². The van der Waals surface area contributed by atoms with Crippen LogP contribution in [0, 0.1) is 26.7 Å². The summed E-state index contributed by atoms with van der Waals surface area (Å²) < 4.78 is 39.7. The van der Waals surface area contributed by atoms with Crippen molar-refractivity contribution >= 4 is 15.7 Å². The van der Waals surface area contributed by atoms with Crippen LogP contribution in [0.15, 0.2) is 51.9 Å². The lowest BCUT2D eigenvalue weighted by molar-refractivity contribution is 0.0785. The summed E-state index contributed by atoms with van der Waals surface area (Å²) in [5.74, 6) is 1.37. The van der Waals surface area contributed by atoms with E-state index in [0.717, 1.165) is 22.4 Å². The second-order valence-electron chi connectivity index (χ2n) is 9.55. The third-order valence-corrected chi connectivity index (χ3v) is 7.47. The van der Waals surface area contributed by atoms with Crippen LogP contribution in [0.5, 0.6) is 5.75 Å². The Bertz CT molecular complexity index is 1220. The lowest BCUT2D eigenvalue weighted by atomic mass is 9.96. The first-order valence-electron chi connectivity index (χ1n) is 11.3. The Morgan fingerprint density at radius 2 is 1.74 bits per heavy atom. The van der Waals surface area contributed by atoms with Gasteiger partial charge in [-0.05, 0) is 82.0 Å². The van der Waals surface area contributed by atoms with E-state index in [1.165, 1.54) is 4.31 Å². The first-order valence-corrected chi connectivity index (χ1v) is 12.8. The molecule has 7 nitrogen and oxygen atoms in total. The number of ether oxygens (including phenoxy) is 1. The summed E-state index contributed by atoms with van der Waals surface area (Å²) in [6.07, 6.45) is 0. The van der Waals surface area contributed by atoms with Gasteiger partial charge in [-0.25, -0.2) is 8.42 Å². The van der Waals surface area contributed by atoms with E-state index in [1.54, 1.807) is 50.2 Å². The van der Waals surface area contributed by atoms with Crippen molar-refractivity contribution in [1.29, 1.82) is 0 Å². The van der Waals surface area contributed by atoms with Crippen LogP contribution in [0.25, 0.3) is 0 Å². The van der Waals surface area contributed by atoms with Gasteiger partial charge in [-0.3, -0.25) is 4.31 Å². The SMILES string of the molecule is Cc1cc(C(C)(C)O)ccc1N(CC(C)C)S(=O)(=O)c1ccc(OCc2c(C)noc2C)cc1. The molecule has 0 saturated carbocycles. The molecule has 0 fully saturated rings. The molecule has 0 bridgehead atoms. The van der Waals surface area contributed by atoms with Crippen LogP contribution in [-0.4, -0.2) is 25.2 Å². The second kappa shape index (κ2) is 9.80. The van der Waals surface area contributed by atoms with Gasteiger partial charge in [0.05, 0.1) is 27.4 Å². The lowest BCUT2D eigenvalue weighted by Gasteiger charge is -2.29. The summed E-state index contributed by atoms with van der Waals surface area (Å²) in [6, 6.07) is 11.8. The molecule has 34 heavy (non-hydrogen) atoms. The first-order chi connectivity index (χ1) is 15.8. The second-order valence-corrected chi connectivity index (χ2v) is 11.4. The molecule has 1 aromatic heterocycles. The molecule has 0 aliphatic carbocycles. The van der Waals surface area contributed by atoms with Crippen LogP contribution in [0.3, 0.4) is 0 Å². The van der Waals surface area contributed by atoms with Gasteiger partial charge in [-0.2, -0.15) is 0 Å². The molecule has 0 amide bonds. The number of hydrogen-bond acceptors (Lipinski definition) is 6. The fraction of sp³-hybridized carbons (Fsp3) is 0.423. The van der Waals surface area contributed by atoms with E-state index in [0.29, 0.717) is 30.3 Å². The van der Waals surface area contributed by atoms with Gasteiger partial charge >= 0.3 is 0 Å². The average molecular weight is 487 g/mol. The molecule has 0 aliphatic rings. The summed E-state index contributed by atoms with van der Waals surface area (Å²) in [5, 5.41) is 14.3. The Labute approximate surface area is 202 Å². The summed E-state index contributed by atoms with van der Waals surface area (Å²) >= 11 is 0. The van der Waals surface area contributed by atoms with Crippen molar-refractivity contribution in [2.45, 2.75) is 65.6 Å². The van der Waals surface area contributed by atoms with E-state index < -0.39 is 15.6 Å². The predicted octanol–water partition coefficient (Wildman–Crippen LogP) is 5.26. The molecule has 0 spiro atoms. The van der Waals surface area contributed by atoms with Gasteiger partial charge in [0.15, 0.2) is 0 Å². The lowest BCUT2D eigenvalue weighted by Crippen LogP contribution is -2.35. The minimum atomic E-state index is -3.82. The van der Waals surface area contributed by atoms with Gasteiger partial charge in [0, 0.05) is 6.54 Å². The van der Waals surface area contributed by atoms with Gasteiger partial charge in [-0.15, -0.1) is 0 Å². The van der Waals surface area contributed by atoms with Crippen molar-refractivity contribution < 1.29 is 22.8 Å². The molecule has 2 aromatic carbocycles. The predicted molar refractivity (Wildman–Crippen MR) is 133 cm³/mol. The zero-order valence-electron chi connectivity index (χ0n) is 20.9. The summed E-state index contributed by atoms with van der Waals surface area (Å²) in [4.78, 5) is 0.184. The molecular weight excluding hydrogens is 452 g/mol. The highest BCUT2D eigenvalue weighted by Crippen LogP contribution is 2.32. The number of nitrogens with zero attached hydrogens (tertiary/aromatic N) is 2. The van der Waals surface area contributed by atoms with E-state index in [2.05, 4.69) is 5.16 Å². The van der Waals surface area contributed by atoms with Gasteiger partial charge in [0.25, 0.3) is 10.0 Å². The highest BCUT2D eigenvalue weighted by Gasteiger charge is 2.28. The molecule has 8 heteroatoms. The highest BCUT2D eigenvalue weighted by molar-refractivity contribution is 7.92. The van der Waals surface area contributed by atoms with Crippen LogP contribution in [0.1, 0.15) is 55.8 Å². The normalized spacial score (nSPS) is 12.3. The van der Waals surface area contributed by atoms with Crippen molar-refractivity contribution in [3.63, 3.8) is 0 Å². The molecular formula is C26H34N2O5S. The fourth-order valence-corrected chi connectivity index (χ4v) is 5.36. The van der Waals surface area contributed by atoms with E-state index >= 15 is 0 Å². The number of aromatic nitrogens is 1. The van der Waals surface area contributed by atoms with Gasteiger partial charge in [0.1, 0.15) is 18.1 Å². The molecule has 1 N–H and O–H groups in total. The van der Waals surface area contributed by atoms with Gasteiger partial charge < -0.3 is 14.4 Å². The molecule has 1 heterocycles. The van der Waals surface area contributed by atoms with E-state index in [9.17, 15) is 13.5 Å². The minimum Gasteiger partial charge on any atom is -0.489 e. The largest absolute Gasteiger partial charge is 0.489 e. The summed E-state index contributed by atoms with van der Waals surface area (Å²) in [7, 11) is -3.82. The molecule has 0 aliphatic heterocycles. The summed E-state index contributed by atoms with van der Waals surface area (Å²) in [5.41, 5.74) is 2.75. The maximum atomic E-state index is 13.7. The van der Waals surface area contributed by atoms with Crippen LogP contribution in [0.2, 0.25) is 0 Å². The highest BCUT2D eigenvalue weighted by atomic mass is 32.2. The molecule has 0 atom stereocenters. The third kappa shape index (κ3) is 5.62. The van der Waals surface area contributed by atoms with E-state index in [-0.39, 0.29) is 10.8 Å². The van der Waals surface area contributed by atoms with Crippen LogP contribution >= 0.6 is 0 Å². The Morgan fingerprint density at radius 1 is 1.09 bits per heavy atom. The standard InChI is InChI=1S/C26H34N2O5S/c1-17(2)15-28(25-13-8-21(14-18(25)3)26(6,7)29)34(30,31)23-11-9-22(10-12-23)32-16-24-19(4)27-33-20(24)5/h8-14,17,29H,15-16H2,1-7H3. The topological polar surface area (TPSA) is 92.9 Å². The molecule has 0 radical (unpaired) electrons. The minimum absolute atomic E-state index is 0.112. The maximum Gasteiger partial charge on any atom is 0.264 e. The molecule has 0 unspecified atom stereocenters. The number of aryl methyl sites for hydroxylation is 3. The number of benzene rings is 2. The van der Waals surface area contributed by atoms with Crippen molar-refractivity contribution in [2.75, 3.05) is 10.8 Å². The first kappa shape index (κ1) is 25.8. The number of sulfonamides is 1. The smallest absolute Gasteiger partial charge is 0.264 e. The van der Waals surface area contributed by atoms with Gasteiger partial charge in [-0.1, -0.05) is 31.1 Å². The number of rotatable bonds is 9. The Balaban J connectivity index is 1.89. The van der Waals surface area contributed by atoms with Gasteiger partial charge in [0.2, 0.25) is 0 Å². The molecule has 184 valence electrons. The van der Waals surface area contributed by atoms with E-state index in [4.69, 9.17) is 9.26 Å². The quantitative estimate of drug-likeness (QED) is 0.444. The van der Waals surface area contributed by atoms with Crippen LogP contribution in [0.4, 0.5) is 5.69 Å². The van der Waals surface area contributed by atoms with Crippen molar-refractivity contribution in [2.24, 2.45) is 5.92 Å². The van der Waals surface area contributed by atoms with Crippen molar-refractivity contribution in [3.05, 3.63) is 70.6 Å². The van der Waals surface area contributed by atoms with Crippen LogP contribution in [-0.2, 0) is 22.2 Å². The van der Waals surface area contributed by atoms with E-state index in [1.807, 2.05) is 40.7 Å². The number of aliphatic hydroxyl groups is 1. The fourth-order valence-electron chi connectivity index (χ4n) is 3.67. The Morgan fingerprint density at radius 3 is 2.24 bits per heavy atom. The maximum absolute atomic E-state index is 13.7. The summed E-state index contributed by atoms with van der Waals surface area (Å²) in [6.45, 7) is 13.5. The van der Waals surface area contributed by atoms with Crippen LogP contribution < -0.4 is 9.04 Å². The molecule has 0 saturated heterocycles.